The van der Waals surface area contributed by atoms with Crippen molar-refractivity contribution in [2.45, 2.75) is 32.4 Å². The summed E-state index contributed by atoms with van der Waals surface area (Å²) in [6.07, 6.45) is 0. The number of nitrogens with zero attached hydrogens (tertiary/aromatic N) is 2. The van der Waals surface area contributed by atoms with Gasteiger partial charge >= 0.3 is 0 Å². The van der Waals surface area contributed by atoms with Gasteiger partial charge in [0.25, 0.3) is 0 Å². The van der Waals surface area contributed by atoms with E-state index in [2.05, 4.69) is 52.3 Å². The van der Waals surface area contributed by atoms with Gasteiger partial charge in [0.1, 0.15) is 22.9 Å². The molecule has 0 radical (unpaired) electrons. The van der Waals surface area contributed by atoms with Crippen molar-refractivity contribution in [2.75, 3.05) is 13.7 Å². The first-order valence-corrected chi connectivity index (χ1v) is 13.9. The van der Waals surface area contributed by atoms with Gasteiger partial charge in [-0.15, -0.1) is 0 Å². The van der Waals surface area contributed by atoms with Gasteiger partial charge in [-0.3, -0.25) is 4.57 Å². The molecule has 0 saturated carbocycles. The van der Waals surface area contributed by atoms with Gasteiger partial charge in [0.2, 0.25) is 0 Å². The van der Waals surface area contributed by atoms with E-state index in [-0.39, 0.29) is 0 Å². The first kappa shape index (κ1) is 20.8. The van der Waals surface area contributed by atoms with E-state index in [0.29, 0.717) is 6.73 Å². The molecular formula is C22H27BrN2O2Si. The molecule has 3 aromatic rings. The summed E-state index contributed by atoms with van der Waals surface area (Å²) >= 11 is 3.67. The zero-order chi connectivity index (χ0) is 20.1. The molecule has 0 fully saturated rings. The maximum Gasteiger partial charge on any atom is 0.143 e. The Bertz CT molecular complexity index is 903. The minimum absolute atomic E-state index is 0.467. The number of methoxy groups -OCH3 is 1. The lowest BCUT2D eigenvalue weighted by atomic mass is 10.1. The van der Waals surface area contributed by atoms with Crippen molar-refractivity contribution in [3.05, 3.63) is 59.2 Å². The highest BCUT2D eigenvalue weighted by atomic mass is 79.9. The summed E-state index contributed by atoms with van der Waals surface area (Å²) in [5, 5.41) is 0. The monoisotopic (exact) mass is 458 g/mol. The second-order valence-electron chi connectivity index (χ2n) is 7.95. The predicted molar refractivity (Wildman–Crippen MR) is 121 cm³/mol. The molecule has 0 aliphatic rings. The Hall–Kier alpha value is -1.89. The average molecular weight is 459 g/mol. The molecular weight excluding hydrogens is 432 g/mol. The summed E-state index contributed by atoms with van der Waals surface area (Å²) in [7, 11) is 0.547. The molecule has 0 spiro atoms. The molecule has 3 rings (SSSR count). The van der Waals surface area contributed by atoms with E-state index in [4.69, 9.17) is 14.5 Å². The summed E-state index contributed by atoms with van der Waals surface area (Å²) in [5.41, 5.74) is 3.14. The summed E-state index contributed by atoms with van der Waals surface area (Å²) in [4.78, 5) is 4.80. The second-order valence-corrected chi connectivity index (χ2v) is 14.3. The summed E-state index contributed by atoms with van der Waals surface area (Å²) in [5.74, 6) is 1.73. The van der Waals surface area contributed by atoms with Crippen LogP contribution >= 0.6 is 15.9 Å². The fourth-order valence-corrected chi connectivity index (χ4v) is 4.28. The molecule has 0 unspecified atom stereocenters. The molecule has 0 bridgehead atoms. The number of rotatable bonds is 8. The minimum atomic E-state index is -1.13. The van der Waals surface area contributed by atoms with E-state index in [1.807, 2.05) is 42.5 Å². The summed E-state index contributed by atoms with van der Waals surface area (Å²) in [6, 6.07) is 19.4. The molecule has 0 N–H and O–H groups in total. The van der Waals surface area contributed by atoms with E-state index in [9.17, 15) is 0 Å². The molecule has 4 nitrogen and oxygen atoms in total. The van der Waals surface area contributed by atoms with Crippen LogP contribution in [0.1, 0.15) is 0 Å². The predicted octanol–water partition coefficient (Wildman–Crippen LogP) is 6.30. The Morgan fingerprint density at radius 1 is 0.964 bits per heavy atom. The molecule has 2 aromatic carbocycles. The van der Waals surface area contributed by atoms with E-state index in [1.54, 1.807) is 7.11 Å². The fourth-order valence-electron chi connectivity index (χ4n) is 2.91. The van der Waals surface area contributed by atoms with Crippen molar-refractivity contribution < 1.29 is 9.47 Å². The molecule has 6 heteroatoms. The quantitative estimate of drug-likeness (QED) is 0.293. The second kappa shape index (κ2) is 9.07. The van der Waals surface area contributed by atoms with Crippen LogP contribution in [0.15, 0.2) is 59.2 Å². The van der Waals surface area contributed by atoms with Gasteiger partial charge in [-0.05, 0) is 46.2 Å². The van der Waals surface area contributed by atoms with Gasteiger partial charge in [-0.2, -0.15) is 0 Å². The number of halogens is 1. The number of aromatic nitrogens is 2. The zero-order valence-electron chi connectivity index (χ0n) is 16.9. The van der Waals surface area contributed by atoms with Crippen LogP contribution in [0.5, 0.6) is 5.75 Å². The third-order valence-corrected chi connectivity index (χ3v) is 6.79. The van der Waals surface area contributed by atoms with Crippen LogP contribution in [0.25, 0.3) is 22.6 Å². The molecule has 1 aromatic heterocycles. The lowest BCUT2D eigenvalue weighted by Gasteiger charge is -2.17. The Morgan fingerprint density at radius 2 is 1.64 bits per heavy atom. The molecule has 0 saturated heterocycles. The Morgan fingerprint density at radius 3 is 2.25 bits per heavy atom. The van der Waals surface area contributed by atoms with E-state index >= 15 is 0 Å². The molecule has 1 heterocycles. The van der Waals surface area contributed by atoms with Crippen LogP contribution in [0.4, 0.5) is 0 Å². The average Bonchev–Trinajstić information content (AvgIpc) is 3.01. The van der Waals surface area contributed by atoms with Gasteiger partial charge < -0.3 is 9.47 Å². The highest BCUT2D eigenvalue weighted by molar-refractivity contribution is 9.10. The molecule has 0 atom stereocenters. The number of ether oxygens (including phenoxy) is 2. The number of imidazole rings is 1. The maximum atomic E-state index is 6.09. The third kappa shape index (κ3) is 5.13. The van der Waals surface area contributed by atoms with Crippen LogP contribution in [-0.2, 0) is 11.5 Å². The van der Waals surface area contributed by atoms with Gasteiger partial charge in [0.15, 0.2) is 0 Å². The normalized spacial score (nSPS) is 11.6. The zero-order valence-corrected chi connectivity index (χ0v) is 19.5. The van der Waals surface area contributed by atoms with Gasteiger partial charge in [0, 0.05) is 25.8 Å². The Balaban J connectivity index is 1.96. The van der Waals surface area contributed by atoms with Gasteiger partial charge in [-0.1, -0.05) is 50.0 Å². The number of benzene rings is 2. The topological polar surface area (TPSA) is 36.3 Å². The van der Waals surface area contributed by atoms with Crippen molar-refractivity contribution >= 4 is 24.0 Å². The third-order valence-electron chi connectivity index (χ3n) is 4.54. The highest BCUT2D eigenvalue weighted by Gasteiger charge is 2.19. The molecule has 28 heavy (non-hydrogen) atoms. The van der Waals surface area contributed by atoms with Crippen LogP contribution in [0, 0.1) is 0 Å². The molecule has 0 aliphatic heterocycles. The first-order chi connectivity index (χ1) is 13.4. The smallest absolute Gasteiger partial charge is 0.143 e. The van der Waals surface area contributed by atoms with Crippen LogP contribution in [-0.4, -0.2) is 31.3 Å². The van der Waals surface area contributed by atoms with Crippen molar-refractivity contribution in [3.63, 3.8) is 0 Å². The van der Waals surface area contributed by atoms with E-state index in [1.165, 1.54) is 0 Å². The summed E-state index contributed by atoms with van der Waals surface area (Å²) < 4.78 is 14.3. The molecule has 148 valence electrons. The van der Waals surface area contributed by atoms with Crippen molar-refractivity contribution in [1.29, 1.82) is 0 Å². The Labute approximate surface area is 176 Å². The number of hydrogen-bond donors (Lipinski definition) is 0. The van der Waals surface area contributed by atoms with Crippen molar-refractivity contribution in [2.24, 2.45) is 0 Å². The molecule has 0 amide bonds. The van der Waals surface area contributed by atoms with Crippen molar-refractivity contribution in [3.8, 4) is 28.4 Å². The highest BCUT2D eigenvalue weighted by Crippen LogP contribution is 2.34. The molecule has 0 aliphatic carbocycles. The van der Waals surface area contributed by atoms with Crippen LogP contribution < -0.4 is 4.74 Å². The first-order valence-electron chi connectivity index (χ1n) is 9.42. The fraction of sp³-hybridized carbons (Fsp3) is 0.318. The van der Waals surface area contributed by atoms with E-state index in [0.717, 1.165) is 45.6 Å². The van der Waals surface area contributed by atoms with Crippen LogP contribution in [0.3, 0.4) is 0 Å². The SMILES string of the molecule is COc1ccc(-c2c(Br)nc(-c3ccccc3)n2COCC[Si](C)(C)C)cc1. The van der Waals surface area contributed by atoms with Gasteiger partial charge in [0.05, 0.1) is 12.8 Å². The lowest BCUT2D eigenvalue weighted by Crippen LogP contribution is -2.22. The van der Waals surface area contributed by atoms with Crippen LogP contribution in [0.2, 0.25) is 25.7 Å². The van der Waals surface area contributed by atoms with Gasteiger partial charge in [-0.25, -0.2) is 4.98 Å². The minimum Gasteiger partial charge on any atom is -0.497 e. The maximum absolute atomic E-state index is 6.09. The number of hydrogen-bond acceptors (Lipinski definition) is 3. The largest absolute Gasteiger partial charge is 0.497 e. The van der Waals surface area contributed by atoms with Crippen molar-refractivity contribution in [1.82, 2.24) is 9.55 Å². The van der Waals surface area contributed by atoms with E-state index < -0.39 is 8.07 Å². The lowest BCUT2D eigenvalue weighted by molar-refractivity contribution is 0.0893. The standard InChI is InChI=1S/C22H27BrN2O2Si/c1-26-19-12-10-17(11-13-19)20-21(23)24-22(18-8-6-5-7-9-18)25(20)16-27-14-15-28(2,3)4/h5-13H,14-16H2,1-4H3. The Kier molecular flexibility index (Phi) is 6.75. The summed E-state index contributed by atoms with van der Waals surface area (Å²) in [6.45, 7) is 8.32.